The highest BCUT2D eigenvalue weighted by Gasteiger charge is 2.23. The van der Waals surface area contributed by atoms with E-state index in [0.29, 0.717) is 37.4 Å². The molecule has 8 heteroatoms. The van der Waals surface area contributed by atoms with Crippen LogP contribution in [0.1, 0.15) is 16.6 Å². The first kappa shape index (κ1) is 20.2. The SMILES string of the molecule is CCOC(=O)c1sc2nc(SC)nc(-c3cccc(Oc4ccccc4)c3)c2c1N. The molecule has 2 aromatic heterocycles. The lowest BCUT2D eigenvalue weighted by molar-refractivity contribution is 0.0533. The molecule has 0 aliphatic carbocycles. The number of thiophene rings is 1. The van der Waals surface area contributed by atoms with Crippen LogP contribution in [0.25, 0.3) is 21.5 Å². The van der Waals surface area contributed by atoms with Gasteiger partial charge < -0.3 is 15.2 Å². The molecule has 0 aliphatic heterocycles. The van der Waals surface area contributed by atoms with Gasteiger partial charge in [0.2, 0.25) is 0 Å². The third-order valence-corrected chi connectivity index (χ3v) is 5.92. The van der Waals surface area contributed by atoms with E-state index in [-0.39, 0.29) is 6.61 Å². The number of anilines is 1. The van der Waals surface area contributed by atoms with Gasteiger partial charge in [0.25, 0.3) is 0 Å². The molecule has 0 saturated carbocycles. The monoisotopic (exact) mass is 437 g/mol. The first-order chi connectivity index (χ1) is 14.6. The normalized spacial score (nSPS) is 10.9. The fourth-order valence-electron chi connectivity index (χ4n) is 2.98. The fraction of sp³-hybridized carbons (Fsp3) is 0.136. The predicted molar refractivity (Wildman–Crippen MR) is 122 cm³/mol. The molecule has 0 unspecified atom stereocenters. The zero-order valence-corrected chi connectivity index (χ0v) is 18.0. The van der Waals surface area contributed by atoms with Crippen LogP contribution in [-0.4, -0.2) is 28.8 Å². The van der Waals surface area contributed by atoms with Crippen molar-refractivity contribution < 1.29 is 14.3 Å². The summed E-state index contributed by atoms with van der Waals surface area (Å²) >= 11 is 2.65. The summed E-state index contributed by atoms with van der Waals surface area (Å²) in [5, 5.41) is 1.25. The van der Waals surface area contributed by atoms with Crippen molar-refractivity contribution >= 4 is 45.0 Å². The van der Waals surface area contributed by atoms with Gasteiger partial charge in [0.05, 0.1) is 23.4 Å². The van der Waals surface area contributed by atoms with Crippen LogP contribution in [-0.2, 0) is 4.74 Å². The minimum atomic E-state index is -0.448. The molecule has 152 valence electrons. The predicted octanol–water partition coefficient (Wildman–Crippen LogP) is 5.63. The molecule has 0 aliphatic rings. The quantitative estimate of drug-likeness (QED) is 0.237. The molecule has 0 fully saturated rings. The lowest BCUT2D eigenvalue weighted by atomic mass is 10.1. The van der Waals surface area contributed by atoms with Gasteiger partial charge in [-0.1, -0.05) is 42.1 Å². The summed E-state index contributed by atoms with van der Waals surface area (Å²) < 4.78 is 11.1. The van der Waals surface area contributed by atoms with E-state index in [9.17, 15) is 4.79 Å². The summed E-state index contributed by atoms with van der Waals surface area (Å²) in [4.78, 5) is 22.6. The molecule has 2 aromatic carbocycles. The highest BCUT2D eigenvalue weighted by molar-refractivity contribution is 7.98. The molecule has 6 nitrogen and oxygen atoms in total. The number of carbonyl (C=O) groups is 1. The second-order valence-corrected chi connectivity index (χ2v) is 8.02. The minimum Gasteiger partial charge on any atom is -0.462 e. The molecular weight excluding hydrogens is 418 g/mol. The number of nitrogens with two attached hydrogens (primary N) is 1. The molecule has 4 aromatic rings. The summed E-state index contributed by atoms with van der Waals surface area (Å²) in [5.74, 6) is 0.971. The fourth-order valence-corrected chi connectivity index (χ4v) is 4.39. The molecule has 0 radical (unpaired) electrons. The van der Waals surface area contributed by atoms with Crippen molar-refractivity contribution in [3.05, 3.63) is 59.5 Å². The van der Waals surface area contributed by atoms with Gasteiger partial charge in [-0.3, -0.25) is 0 Å². The van der Waals surface area contributed by atoms with Crippen molar-refractivity contribution in [3.63, 3.8) is 0 Å². The van der Waals surface area contributed by atoms with Crippen molar-refractivity contribution in [1.29, 1.82) is 0 Å². The highest BCUT2D eigenvalue weighted by atomic mass is 32.2. The van der Waals surface area contributed by atoms with E-state index < -0.39 is 5.97 Å². The number of carbonyl (C=O) groups excluding carboxylic acids is 1. The number of para-hydroxylation sites is 1. The van der Waals surface area contributed by atoms with Crippen LogP contribution in [0.3, 0.4) is 0 Å². The lowest BCUT2D eigenvalue weighted by Crippen LogP contribution is -2.05. The summed E-state index contributed by atoms with van der Waals surface area (Å²) in [6.45, 7) is 2.04. The standard InChI is InChI=1S/C22H19N3O3S2/c1-3-27-21(26)19-17(23)16-18(24-22(29-2)25-20(16)30-19)13-8-7-11-15(12-13)28-14-9-5-4-6-10-14/h4-12H,3,23H2,1-2H3. The molecule has 2 N–H and O–H groups in total. The number of hydrogen-bond donors (Lipinski definition) is 1. The molecular formula is C22H19N3O3S2. The molecule has 0 atom stereocenters. The first-order valence-corrected chi connectivity index (χ1v) is 11.3. The molecule has 0 spiro atoms. The molecule has 2 heterocycles. The summed E-state index contributed by atoms with van der Waals surface area (Å²) in [6.07, 6.45) is 1.91. The largest absolute Gasteiger partial charge is 0.462 e. The van der Waals surface area contributed by atoms with Crippen LogP contribution < -0.4 is 10.5 Å². The zero-order valence-electron chi connectivity index (χ0n) is 16.4. The maximum atomic E-state index is 12.3. The van der Waals surface area contributed by atoms with E-state index in [0.717, 1.165) is 11.3 Å². The Morgan fingerprint density at radius 1 is 1.10 bits per heavy atom. The number of fused-ring (bicyclic) bond motifs is 1. The van der Waals surface area contributed by atoms with Crippen molar-refractivity contribution in [2.24, 2.45) is 0 Å². The number of benzene rings is 2. The molecule has 0 saturated heterocycles. The first-order valence-electron chi connectivity index (χ1n) is 9.25. The number of aromatic nitrogens is 2. The lowest BCUT2D eigenvalue weighted by Gasteiger charge is -2.09. The number of esters is 1. The molecule has 30 heavy (non-hydrogen) atoms. The average molecular weight is 438 g/mol. The van der Waals surface area contributed by atoms with Gasteiger partial charge in [0.1, 0.15) is 21.2 Å². The van der Waals surface area contributed by atoms with Gasteiger partial charge in [0.15, 0.2) is 5.16 Å². The maximum absolute atomic E-state index is 12.3. The summed E-state index contributed by atoms with van der Waals surface area (Å²) in [5.41, 5.74) is 8.18. The van der Waals surface area contributed by atoms with E-state index in [1.807, 2.05) is 60.9 Å². The van der Waals surface area contributed by atoms with Crippen LogP contribution >= 0.6 is 23.1 Å². The van der Waals surface area contributed by atoms with E-state index in [2.05, 4.69) is 9.97 Å². The van der Waals surface area contributed by atoms with Gasteiger partial charge in [-0.15, -0.1) is 11.3 Å². The molecule has 4 rings (SSSR count). The Kier molecular flexibility index (Phi) is 5.87. The van der Waals surface area contributed by atoms with E-state index >= 15 is 0 Å². The third kappa shape index (κ3) is 3.96. The Labute approximate surface area is 182 Å². The number of rotatable bonds is 6. The smallest absolute Gasteiger partial charge is 0.350 e. The second kappa shape index (κ2) is 8.73. The van der Waals surface area contributed by atoms with Crippen LogP contribution in [0.2, 0.25) is 0 Å². The van der Waals surface area contributed by atoms with Crippen molar-refractivity contribution in [1.82, 2.24) is 9.97 Å². The molecule has 0 bridgehead atoms. The van der Waals surface area contributed by atoms with Crippen molar-refractivity contribution in [3.8, 4) is 22.8 Å². The highest BCUT2D eigenvalue weighted by Crippen LogP contribution is 2.40. The Hall–Kier alpha value is -3.10. The maximum Gasteiger partial charge on any atom is 0.350 e. The summed E-state index contributed by atoms with van der Waals surface area (Å²) in [6, 6.07) is 17.2. The molecule has 0 amide bonds. The van der Waals surface area contributed by atoms with E-state index in [4.69, 9.17) is 15.2 Å². The summed E-state index contributed by atoms with van der Waals surface area (Å²) in [7, 11) is 0. The number of thioether (sulfide) groups is 1. The van der Waals surface area contributed by atoms with Crippen molar-refractivity contribution in [2.45, 2.75) is 12.1 Å². The number of ether oxygens (including phenoxy) is 2. The number of nitrogens with zero attached hydrogens (tertiary/aromatic N) is 2. The van der Waals surface area contributed by atoms with Crippen LogP contribution in [0, 0.1) is 0 Å². The van der Waals surface area contributed by atoms with Crippen LogP contribution in [0.5, 0.6) is 11.5 Å². The van der Waals surface area contributed by atoms with Gasteiger partial charge in [-0.05, 0) is 37.4 Å². The third-order valence-electron chi connectivity index (χ3n) is 4.30. The van der Waals surface area contributed by atoms with Gasteiger partial charge in [-0.2, -0.15) is 0 Å². The van der Waals surface area contributed by atoms with Gasteiger partial charge in [-0.25, -0.2) is 14.8 Å². The Balaban J connectivity index is 1.83. The second-order valence-electron chi connectivity index (χ2n) is 6.25. The van der Waals surface area contributed by atoms with Gasteiger partial charge >= 0.3 is 5.97 Å². The van der Waals surface area contributed by atoms with Crippen molar-refractivity contribution in [2.75, 3.05) is 18.6 Å². The van der Waals surface area contributed by atoms with Gasteiger partial charge in [0, 0.05) is 5.56 Å². The van der Waals surface area contributed by atoms with Crippen LogP contribution in [0.15, 0.2) is 59.8 Å². The van der Waals surface area contributed by atoms with Crippen LogP contribution in [0.4, 0.5) is 5.69 Å². The Bertz CT molecular complexity index is 1210. The topological polar surface area (TPSA) is 87.3 Å². The zero-order chi connectivity index (χ0) is 21.1. The number of hydrogen-bond acceptors (Lipinski definition) is 8. The Morgan fingerprint density at radius 2 is 1.87 bits per heavy atom. The average Bonchev–Trinajstić information content (AvgIpc) is 3.11. The number of nitrogen functional groups attached to an aromatic ring is 1. The van der Waals surface area contributed by atoms with E-state index in [1.54, 1.807) is 6.92 Å². The Morgan fingerprint density at radius 3 is 2.60 bits per heavy atom. The minimum absolute atomic E-state index is 0.278. The van der Waals surface area contributed by atoms with E-state index in [1.165, 1.54) is 23.1 Å².